The van der Waals surface area contributed by atoms with Gasteiger partial charge in [0.2, 0.25) is 5.91 Å². The zero-order valence-corrected chi connectivity index (χ0v) is 13.8. The standard InChI is InChI=1S/C15H17N3O4S/c1-9(19)17-15-18-12(8-23-15)14(20)16-7-10-4-5-11(21-2)6-13(10)22-3/h4-6,8H,7H2,1-3H3,(H,16,20)(H,17,18,19). The molecular weight excluding hydrogens is 318 g/mol. The van der Waals surface area contributed by atoms with E-state index in [1.165, 1.54) is 18.3 Å². The van der Waals surface area contributed by atoms with Crippen LogP contribution >= 0.6 is 11.3 Å². The van der Waals surface area contributed by atoms with E-state index in [9.17, 15) is 9.59 Å². The summed E-state index contributed by atoms with van der Waals surface area (Å²) in [6.07, 6.45) is 0. The van der Waals surface area contributed by atoms with Crippen LogP contribution in [0.3, 0.4) is 0 Å². The van der Waals surface area contributed by atoms with E-state index in [0.717, 1.165) is 5.56 Å². The third kappa shape index (κ3) is 4.43. The molecule has 1 heterocycles. The molecule has 0 aliphatic heterocycles. The van der Waals surface area contributed by atoms with Gasteiger partial charge < -0.3 is 20.1 Å². The average Bonchev–Trinajstić information content (AvgIpc) is 3.00. The van der Waals surface area contributed by atoms with Crippen molar-refractivity contribution in [1.82, 2.24) is 10.3 Å². The number of ether oxygens (including phenoxy) is 2. The normalized spacial score (nSPS) is 10.0. The minimum atomic E-state index is -0.323. The average molecular weight is 335 g/mol. The lowest BCUT2D eigenvalue weighted by Crippen LogP contribution is -2.23. The van der Waals surface area contributed by atoms with Gasteiger partial charge in [-0.1, -0.05) is 0 Å². The Balaban J connectivity index is 2.01. The molecule has 0 fully saturated rings. The van der Waals surface area contributed by atoms with E-state index in [-0.39, 0.29) is 17.5 Å². The summed E-state index contributed by atoms with van der Waals surface area (Å²) >= 11 is 1.20. The Hall–Kier alpha value is -2.61. The van der Waals surface area contributed by atoms with Gasteiger partial charge in [0.05, 0.1) is 14.2 Å². The number of nitrogens with zero attached hydrogens (tertiary/aromatic N) is 1. The summed E-state index contributed by atoms with van der Waals surface area (Å²) < 4.78 is 10.4. The Bertz CT molecular complexity index is 714. The lowest BCUT2D eigenvalue weighted by molar-refractivity contribution is -0.114. The van der Waals surface area contributed by atoms with Crippen molar-refractivity contribution in [3.63, 3.8) is 0 Å². The van der Waals surface area contributed by atoms with Crippen LogP contribution in [0.15, 0.2) is 23.6 Å². The molecule has 0 atom stereocenters. The SMILES string of the molecule is COc1ccc(CNC(=O)c2csc(NC(C)=O)n2)c(OC)c1. The van der Waals surface area contributed by atoms with E-state index in [1.807, 2.05) is 6.07 Å². The van der Waals surface area contributed by atoms with Crippen LogP contribution in [-0.2, 0) is 11.3 Å². The van der Waals surface area contributed by atoms with Crippen LogP contribution < -0.4 is 20.1 Å². The molecular formula is C15H17N3O4S. The number of amides is 2. The largest absolute Gasteiger partial charge is 0.497 e. The Labute approximate surface area is 137 Å². The fourth-order valence-corrected chi connectivity index (χ4v) is 2.59. The van der Waals surface area contributed by atoms with Crippen LogP contribution in [0.25, 0.3) is 0 Å². The molecule has 2 aromatic rings. The monoisotopic (exact) mass is 335 g/mol. The first kappa shape index (κ1) is 16.8. The second kappa shape index (κ2) is 7.59. The van der Waals surface area contributed by atoms with Crippen molar-refractivity contribution >= 4 is 28.3 Å². The maximum atomic E-state index is 12.1. The smallest absolute Gasteiger partial charge is 0.271 e. The number of thiazole rings is 1. The van der Waals surface area contributed by atoms with Crippen molar-refractivity contribution in [3.05, 3.63) is 34.8 Å². The zero-order chi connectivity index (χ0) is 16.8. The second-order valence-electron chi connectivity index (χ2n) is 4.58. The van der Waals surface area contributed by atoms with E-state index < -0.39 is 0 Å². The molecule has 0 aliphatic rings. The molecule has 1 aromatic heterocycles. The molecule has 8 heteroatoms. The fraction of sp³-hybridized carbons (Fsp3) is 0.267. The number of methoxy groups -OCH3 is 2. The molecule has 1 aromatic carbocycles. The first-order valence-corrected chi connectivity index (χ1v) is 7.63. The molecule has 0 bridgehead atoms. The minimum absolute atomic E-state index is 0.228. The van der Waals surface area contributed by atoms with Crippen molar-refractivity contribution in [2.75, 3.05) is 19.5 Å². The Morgan fingerprint density at radius 2 is 2.04 bits per heavy atom. The van der Waals surface area contributed by atoms with Crippen molar-refractivity contribution in [1.29, 1.82) is 0 Å². The molecule has 2 amide bonds. The topological polar surface area (TPSA) is 89.6 Å². The number of nitrogens with one attached hydrogen (secondary N) is 2. The van der Waals surface area contributed by atoms with Crippen LogP contribution in [0.1, 0.15) is 23.0 Å². The Morgan fingerprint density at radius 1 is 1.26 bits per heavy atom. The number of hydrogen-bond acceptors (Lipinski definition) is 6. The summed E-state index contributed by atoms with van der Waals surface area (Å²) in [6.45, 7) is 1.68. The molecule has 122 valence electrons. The van der Waals surface area contributed by atoms with E-state index in [0.29, 0.717) is 23.2 Å². The van der Waals surface area contributed by atoms with Crippen molar-refractivity contribution < 1.29 is 19.1 Å². The second-order valence-corrected chi connectivity index (χ2v) is 5.44. The predicted molar refractivity (Wildman–Crippen MR) is 87.1 cm³/mol. The van der Waals surface area contributed by atoms with Crippen LogP contribution in [0, 0.1) is 0 Å². The fourth-order valence-electron chi connectivity index (χ4n) is 1.85. The summed E-state index contributed by atoms with van der Waals surface area (Å²) in [5.74, 6) is 0.753. The summed E-state index contributed by atoms with van der Waals surface area (Å²) in [4.78, 5) is 27.1. The van der Waals surface area contributed by atoms with Gasteiger partial charge in [0, 0.05) is 30.5 Å². The lowest BCUT2D eigenvalue weighted by Gasteiger charge is -2.10. The third-order valence-corrected chi connectivity index (χ3v) is 3.71. The van der Waals surface area contributed by atoms with Gasteiger partial charge in [-0.2, -0.15) is 0 Å². The highest BCUT2D eigenvalue weighted by atomic mass is 32.1. The van der Waals surface area contributed by atoms with Gasteiger partial charge in [0.25, 0.3) is 5.91 Å². The molecule has 0 saturated heterocycles. The van der Waals surface area contributed by atoms with Crippen LogP contribution in [0.5, 0.6) is 11.5 Å². The summed E-state index contributed by atoms with van der Waals surface area (Å²) in [5.41, 5.74) is 1.07. The molecule has 23 heavy (non-hydrogen) atoms. The number of benzene rings is 1. The van der Waals surface area contributed by atoms with Gasteiger partial charge in [0.15, 0.2) is 5.13 Å². The maximum absolute atomic E-state index is 12.1. The molecule has 0 unspecified atom stereocenters. The van der Waals surface area contributed by atoms with Gasteiger partial charge in [-0.15, -0.1) is 11.3 Å². The first-order chi connectivity index (χ1) is 11.0. The van der Waals surface area contributed by atoms with Crippen molar-refractivity contribution in [2.45, 2.75) is 13.5 Å². The third-order valence-electron chi connectivity index (χ3n) is 2.95. The maximum Gasteiger partial charge on any atom is 0.271 e. The molecule has 0 saturated carbocycles. The number of rotatable bonds is 6. The summed E-state index contributed by atoms with van der Waals surface area (Å²) in [6, 6.07) is 5.36. The molecule has 0 spiro atoms. The predicted octanol–water partition coefficient (Wildman–Crippen LogP) is 2.05. The van der Waals surface area contributed by atoms with Gasteiger partial charge in [-0.25, -0.2) is 4.98 Å². The molecule has 2 N–H and O–H groups in total. The van der Waals surface area contributed by atoms with Crippen LogP contribution in [0.4, 0.5) is 5.13 Å². The highest BCUT2D eigenvalue weighted by Gasteiger charge is 2.12. The van der Waals surface area contributed by atoms with E-state index in [4.69, 9.17) is 9.47 Å². The minimum Gasteiger partial charge on any atom is -0.497 e. The van der Waals surface area contributed by atoms with E-state index >= 15 is 0 Å². The van der Waals surface area contributed by atoms with E-state index in [2.05, 4.69) is 15.6 Å². The van der Waals surface area contributed by atoms with Crippen LogP contribution in [-0.4, -0.2) is 31.0 Å². The van der Waals surface area contributed by atoms with E-state index in [1.54, 1.807) is 31.7 Å². The molecule has 0 aliphatic carbocycles. The number of carbonyl (C=O) groups is 2. The van der Waals surface area contributed by atoms with Gasteiger partial charge in [0.1, 0.15) is 17.2 Å². The molecule has 0 radical (unpaired) electrons. The quantitative estimate of drug-likeness (QED) is 0.843. The number of hydrogen-bond donors (Lipinski definition) is 2. The Morgan fingerprint density at radius 3 is 2.70 bits per heavy atom. The number of carbonyl (C=O) groups excluding carboxylic acids is 2. The van der Waals surface area contributed by atoms with Gasteiger partial charge >= 0.3 is 0 Å². The van der Waals surface area contributed by atoms with Crippen molar-refractivity contribution in [2.24, 2.45) is 0 Å². The number of anilines is 1. The zero-order valence-electron chi connectivity index (χ0n) is 13.0. The summed E-state index contributed by atoms with van der Waals surface area (Å²) in [7, 11) is 3.13. The lowest BCUT2D eigenvalue weighted by atomic mass is 10.2. The van der Waals surface area contributed by atoms with Crippen LogP contribution in [0.2, 0.25) is 0 Å². The first-order valence-electron chi connectivity index (χ1n) is 6.75. The Kier molecular flexibility index (Phi) is 5.53. The highest BCUT2D eigenvalue weighted by molar-refractivity contribution is 7.14. The molecule has 7 nitrogen and oxygen atoms in total. The van der Waals surface area contributed by atoms with Gasteiger partial charge in [-0.3, -0.25) is 9.59 Å². The summed E-state index contributed by atoms with van der Waals surface area (Å²) in [5, 5.41) is 7.29. The van der Waals surface area contributed by atoms with Gasteiger partial charge in [-0.05, 0) is 12.1 Å². The number of aromatic nitrogens is 1. The highest BCUT2D eigenvalue weighted by Crippen LogP contribution is 2.24. The molecule has 2 rings (SSSR count). The van der Waals surface area contributed by atoms with Crippen molar-refractivity contribution in [3.8, 4) is 11.5 Å².